The van der Waals surface area contributed by atoms with Gasteiger partial charge in [-0.2, -0.15) is 0 Å². The minimum atomic E-state index is -0.157. The third-order valence-corrected chi connectivity index (χ3v) is 6.24. The number of hydrogen-bond donors (Lipinski definition) is 0. The van der Waals surface area contributed by atoms with Gasteiger partial charge in [-0.15, -0.1) is 0 Å². The highest BCUT2D eigenvalue weighted by Crippen LogP contribution is 2.43. The summed E-state index contributed by atoms with van der Waals surface area (Å²) >= 11 is 3.52. The molecule has 0 fully saturated rings. The van der Waals surface area contributed by atoms with E-state index >= 15 is 0 Å². The lowest BCUT2D eigenvalue weighted by molar-refractivity contribution is -0.0165. The van der Waals surface area contributed by atoms with Gasteiger partial charge >= 0.3 is 0 Å². The van der Waals surface area contributed by atoms with Crippen LogP contribution in [0.4, 0.5) is 0 Å². The van der Waals surface area contributed by atoms with Crippen LogP contribution in [0.15, 0.2) is 58.9 Å². The number of ether oxygens (including phenoxy) is 4. The smallest absolute Gasteiger partial charge is 0.231 e. The number of carbonyl (C=O) groups is 1. The van der Waals surface area contributed by atoms with Crippen molar-refractivity contribution in [2.75, 3.05) is 13.5 Å². The predicted molar refractivity (Wildman–Crippen MR) is 123 cm³/mol. The van der Waals surface area contributed by atoms with Gasteiger partial charge in [0.1, 0.15) is 24.0 Å². The summed E-state index contributed by atoms with van der Waals surface area (Å²) < 4.78 is 24.1. The van der Waals surface area contributed by atoms with E-state index in [4.69, 9.17) is 18.9 Å². The monoisotopic (exact) mass is 506 g/mol. The lowest BCUT2D eigenvalue weighted by atomic mass is 10.0. The molecule has 0 aliphatic carbocycles. The molecule has 8 heteroatoms. The zero-order chi connectivity index (χ0) is 22.4. The number of Topliss-reactive ketones (excluding diaryl/α,β-unsaturated/α-hetero) is 1. The zero-order valence-corrected chi connectivity index (χ0v) is 19.1. The number of carbonyl (C=O) groups excluding carboxylic acids is 1. The van der Waals surface area contributed by atoms with E-state index < -0.39 is 0 Å². The van der Waals surface area contributed by atoms with E-state index in [1.54, 1.807) is 18.3 Å². The summed E-state index contributed by atoms with van der Waals surface area (Å²) in [6.45, 7) is 2.32. The highest BCUT2D eigenvalue weighted by Gasteiger charge is 2.34. The lowest BCUT2D eigenvalue weighted by Gasteiger charge is -2.29. The van der Waals surface area contributed by atoms with Crippen LogP contribution in [0, 0.1) is 0 Å². The molecule has 166 valence electrons. The second-order valence-electron chi connectivity index (χ2n) is 8.03. The third kappa shape index (κ3) is 3.80. The van der Waals surface area contributed by atoms with E-state index in [2.05, 4.69) is 25.8 Å². The average molecular weight is 507 g/mol. The van der Waals surface area contributed by atoms with Gasteiger partial charge in [0.15, 0.2) is 12.6 Å². The first-order valence-electron chi connectivity index (χ1n) is 10.5. The van der Waals surface area contributed by atoms with Crippen molar-refractivity contribution in [1.29, 1.82) is 0 Å². The number of halogens is 1. The minimum Gasteiger partial charge on any atom is -0.478 e. The summed E-state index contributed by atoms with van der Waals surface area (Å²) in [7, 11) is 0. The van der Waals surface area contributed by atoms with Gasteiger partial charge in [0.2, 0.25) is 5.78 Å². The zero-order valence-electron chi connectivity index (χ0n) is 17.5. The molecule has 0 spiro atoms. The normalized spacial score (nSPS) is 18.1. The van der Waals surface area contributed by atoms with Crippen molar-refractivity contribution < 1.29 is 23.7 Å². The van der Waals surface area contributed by atoms with Gasteiger partial charge in [-0.1, -0.05) is 22.0 Å². The predicted octanol–water partition coefficient (Wildman–Crippen LogP) is 4.68. The van der Waals surface area contributed by atoms with Gasteiger partial charge in [0, 0.05) is 34.9 Å². The fraction of sp³-hybridized carbons (Fsp3) is 0.200. The van der Waals surface area contributed by atoms with Gasteiger partial charge in [-0.25, -0.2) is 0 Å². The molecule has 3 aliphatic heterocycles. The van der Waals surface area contributed by atoms with Crippen LogP contribution >= 0.6 is 15.9 Å². The first-order valence-corrected chi connectivity index (χ1v) is 11.3. The summed E-state index contributed by atoms with van der Waals surface area (Å²) in [5.41, 5.74) is 4.05. The number of aromatic nitrogens is 1. The number of fused-ring (bicyclic) bond motifs is 4. The van der Waals surface area contributed by atoms with Gasteiger partial charge in [0.05, 0.1) is 23.4 Å². The largest absolute Gasteiger partial charge is 0.478 e. The maximum absolute atomic E-state index is 13.2. The van der Waals surface area contributed by atoms with Crippen LogP contribution in [0.25, 0.3) is 6.08 Å². The first kappa shape index (κ1) is 20.4. The Kier molecular flexibility index (Phi) is 5.13. The number of ketones is 1. The van der Waals surface area contributed by atoms with Crippen LogP contribution in [-0.4, -0.2) is 29.2 Å². The van der Waals surface area contributed by atoms with Crippen LogP contribution in [0.3, 0.4) is 0 Å². The topological polar surface area (TPSA) is 70.1 Å². The minimum absolute atomic E-state index is 0.157. The average Bonchev–Trinajstić information content (AvgIpc) is 3.15. The summed E-state index contributed by atoms with van der Waals surface area (Å²) in [5.74, 6) is 2.10. The van der Waals surface area contributed by atoms with Crippen molar-refractivity contribution >= 4 is 27.8 Å². The first-order chi connectivity index (χ1) is 16.2. The van der Waals surface area contributed by atoms with Gasteiger partial charge in [-0.3, -0.25) is 14.7 Å². The fourth-order valence-corrected chi connectivity index (χ4v) is 4.81. The van der Waals surface area contributed by atoms with Crippen molar-refractivity contribution in [3.8, 4) is 17.2 Å². The molecule has 0 bridgehead atoms. The molecule has 3 aliphatic rings. The fourth-order valence-electron chi connectivity index (χ4n) is 4.28. The van der Waals surface area contributed by atoms with Crippen molar-refractivity contribution in [2.24, 2.45) is 0 Å². The molecule has 0 atom stereocenters. The molecule has 0 saturated heterocycles. The maximum Gasteiger partial charge on any atom is 0.231 e. The highest BCUT2D eigenvalue weighted by molar-refractivity contribution is 9.10. The molecule has 1 aromatic heterocycles. The van der Waals surface area contributed by atoms with E-state index in [9.17, 15) is 4.79 Å². The number of pyridine rings is 1. The van der Waals surface area contributed by atoms with Gasteiger partial charge in [0.25, 0.3) is 0 Å². The molecule has 0 saturated carbocycles. The van der Waals surface area contributed by atoms with Crippen molar-refractivity contribution in [1.82, 2.24) is 9.88 Å². The van der Waals surface area contributed by atoms with Crippen molar-refractivity contribution in [3.05, 3.63) is 86.8 Å². The summed E-state index contributed by atoms with van der Waals surface area (Å²) in [6, 6.07) is 13.3. The van der Waals surface area contributed by atoms with Crippen LogP contribution in [0.1, 0.15) is 32.7 Å². The highest BCUT2D eigenvalue weighted by atomic mass is 79.9. The Labute approximate surface area is 198 Å². The number of benzene rings is 2. The van der Waals surface area contributed by atoms with E-state index in [0.717, 1.165) is 32.6 Å². The number of hydrogen-bond acceptors (Lipinski definition) is 7. The molecule has 4 heterocycles. The molecule has 3 aromatic rings. The Morgan fingerprint density at radius 3 is 2.94 bits per heavy atom. The molecule has 6 rings (SSSR count). The number of nitrogens with zero attached hydrogens (tertiary/aromatic N) is 2. The van der Waals surface area contributed by atoms with Gasteiger partial charge < -0.3 is 18.9 Å². The quantitative estimate of drug-likeness (QED) is 0.477. The van der Waals surface area contributed by atoms with Crippen LogP contribution in [-0.2, 0) is 24.4 Å². The standard InChI is InChI=1S/C25H19BrN2O5/c26-17-7-15(24-16(8-17)12-30-14-32-24)9-22-23(29)19-4-5-21-20(25(19)33-22)11-28(13-31-21)10-18-3-1-2-6-27-18/h1-9H,10-14H2/b22-9-. The molecule has 7 nitrogen and oxygen atoms in total. The molecule has 2 aromatic carbocycles. The Morgan fingerprint density at radius 1 is 1.12 bits per heavy atom. The molecule has 33 heavy (non-hydrogen) atoms. The Bertz CT molecular complexity index is 1290. The molecular weight excluding hydrogens is 488 g/mol. The number of allylic oxidation sites excluding steroid dienone is 1. The molecule has 0 N–H and O–H groups in total. The Hall–Kier alpha value is -3.20. The summed E-state index contributed by atoms with van der Waals surface area (Å²) in [6.07, 6.45) is 3.51. The van der Waals surface area contributed by atoms with E-state index in [0.29, 0.717) is 43.5 Å². The second kappa shape index (κ2) is 8.30. The van der Waals surface area contributed by atoms with Crippen LogP contribution in [0.2, 0.25) is 0 Å². The SMILES string of the molecule is O=C1/C(=C/c2cc(Br)cc3c2OCOC3)Oc2c1ccc1c2CN(Cc2ccccn2)CO1. The summed E-state index contributed by atoms with van der Waals surface area (Å²) in [5, 5.41) is 0. The lowest BCUT2D eigenvalue weighted by Crippen LogP contribution is -2.32. The maximum atomic E-state index is 13.2. The van der Waals surface area contributed by atoms with E-state index in [-0.39, 0.29) is 18.3 Å². The van der Waals surface area contributed by atoms with Crippen molar-refractivity contribution in [3.63, 3.8) is 0 Å². The Balaban J connectivity index is 1.32. The molecular formula is C25H19BrN2O5. The molecule has 0 radical (unpaired) electrons. The van der Waals surface area contributed by atoms with Crippen LogP contribution in [0.5, 0.6) is 17.2 Å². The van der Waals surface area contributed by atoms with E-state index in [1.165, 1.54) is 0 Å². The van der Waals surface area contributed by atoms with Crippen LogP contribution < -0.4 is 14.2 Å². The Morgan fingerprint density at radius 2 is 2.06 bits per heavy atom. The summed E-state index contributed by atoms with van der Waals surface area (Å²) in [4.78, 5) is 19.7. The van der Waals surface area contributed by atoms with Crippen molar-refractivity contribution in [2.45, 2.75) is 19.7 Å². The van der Waals surface area contributed by atoms with E-state index in [1.807, 2.05) is 36.4 Å². The second-order valence-corrected chi connectivity index (χ2v) is 8.95. The molecule has 0 unspecified atom stereocenters. The molecule has 0 amide bonds. The third-order valence-electron chi connectivity index (χ3n) is 5.78. The number of rotatable bonds is 3. The van der Waals surface area contributed by atoms with Gasteiger partial charge in [-0.05, 0) is 42.5 Å².